The third-order valence-corrected chi connectivity index (χ3v) is 1.03. The molecule has 60 valence electrons. The van der Waals surface area contributed by atoms with Crippen LogP contribution in [0.4, 0.5) is 8.78 Å². The van der Waals surface area contributed by atoms with Gasteiger partial charge in [0.25, 0.3) is 0 Å². The van der Waals surface area contributed by atoms with Gasteiger partial charge in [-0.05, 0) is 6.92 Å². The highest BCUT2D eigenvalue weighted by Crippen LogP contribution is 2.17. The molecule has 0 aromatic heterocycles. The maximum absolute atomic E-state index is 12.3. The summed E-state index contributed by atoms with van der Waals surface area (Å²) in [5.41, 5.74) is 4.80. The fourth-order valence-corrected chi connectivity index (χ4v) is 0.322. The zero-order chi connectivity index (χ0) is 8.36. The Hall–Kier alpha value is -0.710. The number of hydrogen-bond donors (Lipinski definition) is 1. The average Bonchev–Trinajstić information content (AvgIpc) is 1.86. The lowest BCUT2D eigenvalue weighted by Gasteiger charge is -2.16. The van der Waals surface area contributed by atoms with Crippen molar-refractivity contribution in [3.05, 3.63) is 0 Å². The number of nitrogens with two attached hydrogens (primary N) is 1. The quantitative estimate of drug-likeness (QED) is 0.574. The molecule has 1 atom stereocenters. The lowest BCUT2D eigenvalue weighted by molar-refractivity contribution is -0.171. The van der Waals surface area contributed by atoms with Crippen LogP contribution in [0.25, 0.3) is 0 Å². The number of halogens is 2. The molecule has 0 aliphatic heterocycles. The normalized spacial score (nSPS) is 14.5. The minimum absolute atomic E-state index is 0.888. The van der Waals surface area contributed by atoms with Gasteiger partial charge in [0, 0.05) is 0 Å². The summed E-state index contributed by atoms with van der Waals surface area (Å²) in [7, 11) is 0.888. The Morgan fingerprint density at radius 3 is 2.20 bits per heavy atom. The van der Waals surface area contributed by atoms with Crippen LogP contribution >= 0.6 is 0 Å². The van der Waals surface area contributed by atoms with Crippen LogP contribution in [0.15, 0.2) is 0 Å². The molecule has 0 saturated heterocycles. The minimum atomic E-state index is -3.57. The molecule has 0 aromatic rings. The van der Waals surface area contributed by atoms with Crippen molar-refractivity contribution in [2.75, 3.05) is 7.11 Å². The zero-order valence-electron chi connectivity index (χ0n) is 5.73. The van der Waals surface area contributed by atoms with Gasteiger partial charge < -0.3 is 10.5 Å². The molecule has 1 unspecified atom stereocenters. The molecular formula is C5H9F2NO2. The van der Waals surface area contributed by atoms with Gasteiger partial charge in [-0.2, -0.15) is 8.78 Å². The van der Waals surface area contributed by atoms with Gasteiger partial charge in [0.1, 0.15) is 0 Å². The number of ether oxygens (including phenoxy) is 1. The Morgan fingerprint density at radius 2 is 2.10 bits per heavy atom. The first-order valence-electron chi connectivity index (χ1n) is 2.64. The summed E-state index contributed by atoms with van der Waals surface area (Å²) >= 11 is 0. The second kappa shape index (κ2) is 2.92. The third kappa shape index (κ3) is 1.63. The van der Waals surface area contributed by atoms with Crippen molar-refractivity contribution in [3.8, 4) is 0 Å². The summed E-state index contributed by atoms with van der Waals surface area (Å²) in [6, 6.07) is -1.51. The summed E-state index contributed by atoms with van der Waals surface area (Å²) in [6.45, 7) is 1.04. The van der Waals surface area contributed by atoms with Crippen LogP contribution < -0.4 is 5.73 Å². The standard InChI is InChI=1S/C5H9F2NO2/c1-3(8)5(6,7)4(9)10-2/h3H,8H2,1-2H3. The molecule has 0 heterocycles. The van der Waals surface area contributed by atoms with Gasteiger partial charge in [-0.15, -0.1) is 0 Å². The van der Waals surface area contributed by atoms with Gasteiger partial charge in [-0.3, -0.25) is 0 Å². The van der Waals surface area contributed by atoms with E-state index in [1.165, 1.54) is 0 Å². The summed E-state index contributed by atoms with van der Waals surface area (Å²) < 4.78 is 28.5. The first-order chi connectivity index (χ1) is 4.42. The van der Waals surface area contributed by atoms with E-state index in [1.54, 1.807) is 0 Å². The van der Waals surface area contributed by atoms with Gasteiger partial charge in [0.05, 0.1) is 13.2 Å². The van der Waals surface area contributed by atoms with Crippen molar-refractivity contribution in [2.45, 2.75) is 18.9 Å². The maximum Gasteiger partial charge on any atom is 0.378 e. The fraction of sp³-hybridized carbons (Fsp3) is 0.800. The molecule has 0 aliphatic carbocycles. The van der Waals surface area contributed by atoms with Crippen molar-refractivity contribution < 1.29 is 18.3 Å². The molecule has 0 bridgehead atoms. The van der Waals surface area contributed by atoms with Gasteiger partial charge in [-0.25, -0.2) is 4.79 Å². The Kier molecular flexibility index (Phi) is 2.71. The first kappa shape index (κ1) is 9.29. The summed E-state index contributed by atoms with van der Waals surface area (Å²) in [5, 5.41) is 0. The van der Waals surface area contributed by atoms with Gasteiger partial charge in [0.15, 0.2) is 0 Å². The van der Waals surface area contributed by atoms with Gasteiger partial charge in [-0.1, -0.05) is 0 Å². The Labute approximate surface area is 57.1 Å². The molecule has 0 aliphatic rings. The number of methoxy groups -OCH3 is 1. The summed E-state index contributed by atoms with van der Waals surface area (Å²) in [5.74, 6) is -5.17. The molecule has 2 N–H and O–H groups in total. The maximum atomic E-state index is 12.3. The third-order valence-electron chi connectivity index (χ3n) is 1.03. The predicted octanol–water partition coefficient (Wildman–Crippen LogP) is 0.142. The largest absolute Gasteiger partial charge is 0.465 e. The average molecular weight is 153 g/mol. The van der Waals surface area contributed by atoms with Crippen molar-refractivity contribution in [2.24, 2.45) is 5.73 Å². The first-order valence-corrected chi connectivity index (χ1v) is 2.64. The van der Waals surface area contributed by atoms with Gasteiger partial charge >= 0.3 is 11.9 Å². The molecule has 0 spiro atoms. The van der Waals surface area contributed by atoms with E-state index in [0.717, 1.165) is 14.0 Å². The second-order valence-corrected chi connectivity index (χ2v) is 1.90. The molecule has 3 nitrogen and oxygen atoms in total. The van der Waals surface area contributed by atoms with Crippen LogP contribution in [0, 0.1) is 0 Å². The highest BCUT2D eigenvalue weighted by molar-refractivity contribution is 5.78. The van der Waals surface area contributed by atoms with Crippen molar-refractivity contribution in [1.82, 2.24) is 0 Å². The van der Waals surface area contributed by atoms with Crippen molar-refractivity contribution in [1.29, 1.82) is 0 Å². The van der Waals surface area contributed by atoms with Crippen LogP contribution in [0.1, 0.15) is 6.92 Å². The van der Waals surface area contributed by atoms with Crippen molar-refractivity contribution >= 4 is 5.97 Å². The number of alkyl halides is 2. The number of rotatable bonds is 2. The number of carbonyl (C=O) groups is 1. The van der Waals surface area contributed by atoms with E-state index in [2.05, 4.69) is 4.74 Å². The lowest BCUT2D eigenvalue weighted by Crippen LogP contribution is -2.45. The SMILES string of the molecule is COC(=O)C(F)(F)C(C)N. The molecule has 5 heteroatoms. The Balaban J connectivity index is 4.24. The highest BCUT2D eigenvalue weighted by atomic mass is 19.3. The Morgan fingerprint density at radius 1 is 1.70 bits per heavy atom. The number of hydrogen-bond acceptors (Lipinski definition) is 3. The zero-order valence-corrected chi connectivity index (χ0v) is 5.73. The molecule has 10 heavy (non-hydrogen) atoms. The molecule has 0 rings (SSSR count). The van der Waals surface area contributed by atoms with Crippen LogP contribution in [-0.4, -0.2) is 25.0 Å². The minimum Gasteiger partial charge on any atom is -0.465 e. The van der Waals surface area contributed by atoms with E-state index >= 15 is 0 Å². The van der Waals surface area contributed by atoms with Crippen LogP contribution in [0.3, 0.4) is 0 Å². The van der Waals surface area contributed by atoms with Crippen molar-refractivity contribution in [3.63, 3.8) is 0 Å². The molecule has 0 amide bonds. The van der Waals surface area contributed by atoms with E-state index in [9.17, 15) is 13.6 Å². The molecule has 0 fully saturated rings. The Bertz CT molecular complexity index is 136. The summed E-state index contributed by atoms with van der Waals surface area (Å²) in [4.78, 5) is 10.2. The second-order valence-electron chi connectivity index (χ2n) is 1.90. The summed E-state index contributed by atoms with van der Waals surface area (Å²) in [6.07, 6.45) is 0. The molecule has 0 radical (unpaired) electrons. The van der Waals surface area contributed by atoms with Gasteiger partial charge in [0.2, 0.25) is 0 Å². The topological polar surface area (TPSA) is 52.3 Å². The van der Waals surface area contributed by atoms with E-state index in [1.807, 2.05) is 0 Å². The predicted molar refractivity (Wildman–Crippen MR) is 30.6 cm³/mol. The van der Waals surface area contributed by atoms with E-state index < -0.39 is 17.9 Å². The van der Waals surface area contributed by atoms with E-state index in [-0.39, 0.29) is 0 Å². The number of esters is 1. The number of carbonyl (C=O) groups excluding carboxylic acids is 1. The molecular weight excluding hydrogens is 144 g/mol. The molecule has 0 saturated carbocycles. The molecule has 0 aromatic carbocycles. The van der Waals surface area contributed by atoms with E-state index in [4.69, 9.17) is 5.73 Å². The van der Waals surface area contributed by atoms with Crippen LogP contribution in [0.5, 0.6) is 0 Å². The lowest BCUT2D eigenvalue weighted by atomic mass is 10.2. The van der Waals surface area contributed by atoms with E-state index in [0.29, 0.717) is 0 Å². The highest BCUT2D eigenvalue weighted by Gasteiger charge is 2.44. The smallest absolute Gasteiger partial charge is 0.378 e. The fourth-order valence-electron chi connectivity index (χ4n) is 0.322. The monoisotopic (exact) mass is 153 g/mol. The van der Waals surface area contributed by atoms with Crippen LogP contribution in [-0.2, 0) is 9.53 Å². The van der Waals surface area contributed by atoms with Crippen LogP contribution in [0.2, 0.25) is 0 Å².